The van der Waals surface area contributed by atoms with Gasteiger partial charge in [0, 0.05) is 5.56 Å². The Balaban J connectivity index is 1.55. The Labute approximate surface area is 156 Å². The summed E-state index contributed by atoms with van der Waals surface area (Å²) >= 11 is 4.80. The van der Waals surface area contributed by atoms with Gasteiger partial charge in [0.05, 0.1) is 10.2 Å². The minimum atomic E-state index is -0.533. The molecule has 0 aliphatic rings. The quantitative estimate of drug-likeness (QED) is 0.312. The second kappa shape index (κ2) is 6.46. The molecule has 25 heavy (non-hydrogen) atoms. The molecule has 0 atom stereocenters. The number of halogens is 1. The summed E-state index contributed by atoms with van der Waals surface area (Å²) in [6.45, 7) is 2.07. The number of benzene rings is 2. The first-order valence-electron chi connectivity index (χ1n) is 7.54. The number of ether oxygens (including phenoxy) is 1. The summed E-state index contributed by atoms with van der Waals surface area (Å²) in [5.41, 5.74) is 3.19. The molecule has 0 aliphatic heterocycles. The SMILES string of the molecule is Cc1ccc2nc(-c3ccc(OC(=O)c4ccc(Br)o4)cc3)sc2c1. The number of hydrogen-bond donors (Lipinski definition) is 0. The van der Waals surface area contributed by atoms with Crippen LogP contribution in [0.2, 0.25) is 0 Å². The van der Waals surface area contributed by atoms with Crippen LogP contribution in [0.15, 0.2) is 63.7 Å². The van der Waals surface area contributed by atoms with Crippen LogP contribution >= 0.6 is 27.3 Å². The number of furan rings is 1. The Morgan fingerprint density at radius 2 is 1.92 bits per heavy atom. The predicted octanol–water partition coefficient (Wildman–Crippen LogP) is 5.85. The van der Waals surface area contributed by atoms with Crippen molar-refractivity contribution in [2.24, 2.45) is 0 Å². The first-order valence-corrected chi connectivity index (χ1v) is 9.14. The van der Waals surface area contributed by atoms with Crippen LogP contribution in [0.5, 0.6) is 5.75 Å². The van der Waals surface area contributed by atoms with Gasteiger partial charge in [0.15, 0.2) is 4.67 Å². The van der Waals surface area contributed by atoms with E-state index in [0.717, 1.165) is 20.8 Å². The van der Waals surface area contributed by atoms with E-state index in [1.807, 2.05) is 18.2 Å². The third-order valence-electron chi connectivity index (χ3n) is 3.63. The summed E-state index contributed by atoms with van der Waals surface area (Å²) < 4.78 is 12.1. The summed E-state index contributed by atoms with van der Waals surface area (Å²) in [6, 6.07) is 16.7. The van der Waals surface area contributed by atoms with Crippen molar-refractivity contribution in [3.05, 3.63) is 70.6 Å². The van der Waals surface area contributed by atoms with Gasteiger partial charge in [0.1, 0.15) is 10.8 Å². The summed E-state index contributed by atoms with van der Waals surface area (Å²) in [5, 5.41) is 0.938. The van der Waals surface area contributed by atoms with Crippen LogP contribution in [-0.2, 0) is 0 Å². The fraction of sp³-hybridized carbons (Fsp3) is 0.0526. The van der Waals surface area contributed by atoms with Gasteiger partial charge in [0.25, 0.3) is 0 Å². The molecule has 0 spiro atoms. The van der Waals surface area contributed by atoms with Crippen molar-refractivity contribution in [1.29, 1.82) is 0 Å². The van der Waals surface area contributed by atoms with Crippen molar-refractivity contribution in [3.8, 4) is 16.3 Å². The number of aryl methyl sites for hydroxylation is 1. The number of rotatable bonds is 3. The third-order valence-corrected chi connectivity index (χ3v) is 5.12. The molecular formula is C19H12BrNO3S. The van der Waals surface area contributed by atoms with E-state index in [2.05, 4.69) is 40.0 Å². The van der Waals surface area contributed by atoms with Crippen molar-refractivity contribution >= 4 is 43.5 Å². The third kappa shape index (κ3) is 3.36. The Kier molecular flexibility index (Phi) is 4.15. The molecule has 2 heterocycles. The van der Waals surface area contributed by atoms with Gasteiger partial charge in [-0.15, -0.1) is 11.3 Å². The number of carbonyl (C=O) groups is 1. The van der Waals surface area contributed by atoms with E-state index < -0.39 is 5.97 Å². The normalized spacial score (nSPS) is 11.0. The van der Waals surface area contributed by atoms with Crippen molar-refractivity contribution in [2.75, 3.05) is 0 Å². The maximum absolute atomic E-state index is 12.0. The molecule has 0 radical (unpaired) electrons. The molecule has 2 aromatic carbocycles. The first-order chi connectivity index (χ1) is 12.1. The summed E-state index contributed by atoms with van der Waals surface area (Å²) in [6.07, 6.45) is 0. The van der Waals surface area contributed by atoms with Crippen molar-refractivity contribution in [2.45, 2.75) is 6.92 Å². The smallest absolute Gasteiger partial charge is 0.379 e. The largest absolute Gasteiger partial charge is 0.442 e. The first kappa shape index (κ1) is 16.1. The Hall–Kier alpha value is -2.44. The van der Waals surface area contributed by atoms with E-state index in [1.54, 1.807) is 35.6 Å². The standard InChI is InChI=1S/C19H12BrNO3S/c1-11-2-7-14-16(10-11)25-18(21-14)12-3-5-13(6-4-12)23-19(22)15-8-9-17(20)24-15/h2-10H,1H3. The zero-order chi connectivity index (χ0) is 17.4. The van der Waals surface area contributed by atoms with Crippen LogP contribution in [0.3, 0.4) is 0 Å². The lowest BCUT2D eigenvalue weighted by Gasteiger charge is -2.03. The highest BCUT2D eigenvalue weighted by Gasteiger charge is 2.13. The molecule has 124 valence electrons. The Morgan fingerprint density at radius 1 is 1.12 bits per heavy atom. The van der Waals surface area contributed by atoms with Crippen LogP contribution in [0.25, 0.3) is 20.8 Å². The van der Waals surface area contributed by atoms with Crippen molar-refractivity contribution in [3.63, 3.8) is 0 Å². The summed E-state index contributed by atoms with van der Waals surface area (Å²) in [4.78, 5) is 16.6. The molecule has 6 heteroatoms. The van der Waals surface area contributed by atoms with Gasteiger partial charge < -0.3 is 9.15 Å². The van der Waals surface area contributed by atoms with Gasteiger partial charge in [-0.05, 0) is 76.9 Å². The lowest BCUT2D eigenvalue weighted by Crippen LogP contribution is -2.06. The zero-order valence-electron chi connectivity index (χ0n) is 13.2. The summed E-state index contributed by atoms with van der Waals surface area (Å²) in [5.74, 6) is 0.0737. The van der Waals surface area contributed by atoms with E-state index in [-0.39, 0.29) is 5.76 Å². The highest BCUT2D eigenvalue weighted by molar-refractivity contribution is 9.10. The van der Waals surface area contributed by atoms with Crippen LogP contribution < -0.4 is 4.74 Å². The molecule has 0 amide bonds. The van der Waals surface area contributed by atoms with Gasteiger partial charge in [-0.1, -0.05) is 6.07 Å². The fourth-order valence-electron chi connectivity index (χ4n) is 2.40. The number of hydrogen-bond acceptors (Lipinski definition) is 5. The second-order valence-corrected chi connectivity index (χ2v) is 7.32. The molecule has 0 saturated carbocycles. The second-order valence-electron chi connectivity index (χ2n) is 5.51. The predicted molar refractivity (Wildman–Crippen MR) is 101 cm³/mol. The van der Waals surface area contributed by atoms with E-state index in [1.165, 1.54) is 5.56 Å². The van der Waals surface area contributed by atoms with E-state index in [9.17, 15) is 4.79 Å². The Bertz CT molecular complexity index is 1070. The molecule has 0 N–H and O–H groups in total. The monoisotopic (exact) mass is 413 g/mol. The molecule has 4 nitrogen and oxygen atoms in total. The van der Waals surface area contributed by atoms with Gasteiger partial charge in [0.2, 0.25) is 5.76 Å². The molecule has 4 aromatic rings. The number of fused-ring (bicyclic) bond motifs is 1. The van der Waals surface area contributed by atoms with E-state index in [4.69, 9.17) is 9.15 Å². The van der Waals surface area contributed by atoms with Gasteiger partial charge >= 0.3 is 5.97 Å². The Morgan fingerprint density at radius 3 is 2.64 bits per heavy atom. The topological polar surface area (TPSA) is 52.3 Å². The molecule has 4 rings (SSSR count). The van der Waals surface area contributed by atoms with Crippen LogP contribution in [-0.4, -0.2) is 11.0 Å². The van der Waals surface area contributed by atoms with E-state index >= 15 is 0 Å². The van der Waals surface area contributed by atoms with E-state index in [0.29, 0.717) is 10.4 Å². The maximum Gasteiger partial charge on any atom is 0.379 e. The van der Waals surface area contributed by atoms with Crippen LogP contribution in [0.4, 0.5) is 0 Å². The van der Waals surface area contributed by atoms with Gasteiger partial charge in [-0.2, -0.15) is 0 Å². The van der Waals surface area contributed by atoms with Crippen LogP contribution in [0.1, 0.15) is 16.1 Å². The molecule has 0 saturated heterocycles. The number of esters is 1. The molecule has 0 bridgehead atoms. The minimum Gasteiger partial charge on any atom is -0.442 e. The number of nitrogens with zero attached hydrogens (tertiary/aromatic N) is 1. The highest BCUT2D eigenvalue weighted by Crippen LogP contribution is 2.31. The lowest BCUT2D eigenvalue weighted by molar-refractivity contribution is 0.0700. The number of thiazole rings is 1. The maximum atomic E-state index is 12.0. The van der Waals surface area contributed by atoms with Gasteiger partial charge in [-0.25, -0.2) is 9.78 Å². The molecule has 0 fully saturated rings. The minimum absolute atomic E-state index is 0.150. The fourth-order valence-corrected chi connectivity index (χ4v) is 3.78. The number of aromatic nitrogens is 1. The average Bonchev–Trinajstić information content (AvgIpc) is 3.21. The number of carbonyl (C=O) groups excluding carboxylic acids is 1. The molecule has 0 unspecified atom stereocenters. The lowest BCUT2D eigenvalue weighted by atomic mass is 10.2. The molecular weight excluding hydrogens is 402 g/mol. The van der Waals surface area contributed by atoms with Crippen LogP contribution in [0, 0.1) is 6.92 Å². The average molecular weight is 414 g/mol. The van der Waals surface area contributed by atoms with Gasteiger partial charge in [-0.3, -0.25) is 0 Å². The zero-order valence-corrected chi connectivity index (χ0v) is 15.6. The van der Waals surface area contributed by atoms with Crippen molar-refractivity contribution < 1.29 is 13.9 Å². The molecule has 0 aliphatic carbocycles. The highest BCUT2D eigenvalue weighted by atomic mass is 79.9. The molecule has 2 aromatic heterocycles. The van der Waals surface area contributed by atoms with Crippen molar-refractivity contribution in [1.82, 2.24) is 4.98 Å². The summed E-state index contributed by atoms with van der Waals surface area (Å²) in [7, 11) is 0.